The maximum atomic E-state index is 11.6. The summed E-state index contributed by atoms with van der Waals surface area (Å²) >= 11 is 0. The van der Waals surface area contributed by atoms with Crippen LogP contribution in [0.4, 0.5) is 0 Å². The molecule has 114 valence electrons. The molecule has 1 N–H and O–H groups in total. The largest absolute Gasteiger partial charge is 0.385 e. The SMILES string of the molecule is CC1CCC(O)(C2CCOC3(CCC3)C2)c2ccccc21. The van der Waals surface area contributed by atoms with Crippen molar-refractivity contribution in [1.82, 2.24) is 0 Å². The molecule has 3 unspecified atom stereocenters. The maximum Gasteiger partial charge on any atom is 0.0929 e. The zero-order valence-electron chi connectivity index (χ0n) is 13.0. The Hall–Kier alpha value is -0.860. The summed E-state index contributed by atoms with van der Waals surface area (Å²) in [7, 11) is 0. The van der Waals surface area contributed by atoms with Crippen molar-refractivity contribution in [2.75, 3.05) is 6.61 Å². The van der Waals surface area contributed by atoms with Gasteiger partial charge in [-0.3, -0.25) is 0 Å². The van der Waals surface area contributed by atoms with Gasteiger partial charge in [-0.25, -0.2) is 0 Å². The molecule has 3 aliphatic rings. The van der Waals surface area contributed by atoms with E-state index in [4.69, 9.17) is 4.74 Å². The van der Waals surface area contributed by atoms with Gasteiger partial charge in [0.1, 0.15) is 0 Å². The van der Waals surface area contributed by atoms with Crippen LogP contribution in [0, 0.1) is 5.92 Å². The molecule has 4 rings (SSSR count). The summed E-state index contributed by atoms with van der Waals surface area (Å²) in [5.74, 6) is 0.930. The van der Waals surface area contributed by atoms with Gasteiger partial charge in [-0.15, -0.1) is 0 Å². The van der Waals surface area contributed by atoms with Gasteiger partial charge in [0, 0.05) is 6.61 Å². The summed E-state index contributed by atoms with van der Waals surface area (Å²) in [6.07, 6.45) is 7.73. The first-order valence-corrected chi connectivity index (χ1v) is 8.59. The predicted molar refractivity (Wildman–Crippen MR) is 83.2 cm³/mol. The summed E-state index contributed by atoms with van der Waals surface area (Å²) in [4.78, 5) is 0. The maximum absolute atomic E-state index is 11.6. The third-order valence-corrected chi connectivity index (χ3v) is 6.35. The Balaban J connectivity index is 1.68. The fraction of sp³-hybridized carbons (Fsp3) is 0.684. The molecule has 1 aliphatic heterocycles. The molecular formula is C19H26O2. The predicted octanol–water partition coefficient (Wildman–Crippen LogP) is 4.12. The van der Waals surface area contributed by atoms with E-state index < -0.39 is 5.60 Å². The number of hydrogen-bond donors (Lipinski definition) is 1. The van der Waals surface area contributed by atoms with Crippen molar-refractivity contribution >= 4 is 0 Å². The molecule has 1 aromatic carbocycles. The second kappa shape index (κ2) is 4.82. The Kier molecular flexibility index (Phi) is 3.16. The Labute approximate surface area is 127 Å². The first-order chi connectivity index (χ1) is 10.1. The van der Waals surface area contributed by atoms with Crippen molar-refractivity contribution in [3.8, 4) is 0 Å². The average Bonchev–Trinajstić information content (AvgIpc) is 2.50. The van der Waals surface area contributed by atoms with Crippen LogP contribution in [0.1, 0.15) is 68.9 Å². The Morgan fingerprint density at radius 1 is 1.14 bits per heavy atom. The molecule has 1 saturated carbocycles. The van der Waals surface area contributed by atoms with E-state index in [1.807, 2.05) is 0 Å². The lowest BCUT2D eigenvalue weighted by Crippen LogP contribution is -2.51. The minimum Gasteiger partial charge on any atom is -0.385 e. The fourth-order valence-corrected chi connectivity index (χ4v) is 4.83. The third-order valence-electron chi connectivity index (χ3n) is 6.35. The lowest BCUT2D eigenvalue weighted by molar-refractivity contribution is -0.181. The van der Waals surface area contributed by atoms with Crippen LogP contribution in [-0.2, 0) is 10.3 Å². The molecule has 1 saturated heterocycles. The molecule has 2 fully saturated rings. The number of aliphatic hydroxyl groups is 1. The van der Waals surface area contributed by atoms with Crippen molar-refractivity contribution in [1.29, 1.82) is 0 Å². The van der Waals surface area contributed by atoms with E-state index in [2.05, 4.69) is 31.2 Å². The highest BCUT2D eigenvalue weighted by Crippen LogP contribution is 2.53. The van der Waals surface area contributed by atoms with Gasteiger partial charge in [0.2, 0.25) is 0 Å². The molecule has 2 aliphatic carbocycles. The molecule has 0 bridgehead atoms. The van der Waals surface area contributed by atoms with Crippen molar-refractivity contribution in [2.24, 2.45) is 5.92 Å². The van der Waals surface area contributed by atoms with E-state index >= 15 is 0 Å². The summed E-state index contributed by atoms with van der Waals surface area (Å²) in [5.41, 5.74) is 2.04. The van der Waals surface area contributed by atoms with Gasteiger partial charge in [-0.2, -0.15) is 0 Å². The van der Waals surface area contributed by atoms with Crippen LogP contribution in [0.15, 0.2) is 24.3 Å². The van der Waals surface area contributed by atoms with Gasteiger partial charge in [-0.1, -0.05) is 31.2 Å². The first kappa shape index (κ1) is 13.8. The van der Waals surface area contributed by atoms with Crippen LogP contribution in [0.3, 0.4) is 0 Å². The molecule has 0 amide bonds. The molecule has 0 aromatic heterocycles. The lowest BCUT2D eigenvalue weighted by Gasteiger charge is -2.52. The highest BCUT2D eigenvalue weighted by molar-refractivity contribution is 5.38. The monoisotopic (exact) mass is 286 g/mol. The highest BCUT2D eigenvalue weighted by atomic mass is 16.5. The number of rotatable bonds is 1. The van der Waals surface area contributed by atoms with E-state index in [9.17, 15) is 5.11 Å². The summed E-state index contributed by atoms with van der Waals surface area (Å²) < 4.78 is 6.07. The molecule has 2 nitrogen and oxygen atoms in total. The minimum absolute atomic E-state index is 0.108. The topological polar surface area (TPSA) is 29.5 Å². The summed E-state index contributed by atoms with van der Waals surface area (Å²) in [6.45, 7) is 3.11. The molecule has 0 radical (unpaired) electrons. The normalized spacial score (nSPS) is 37.8. The van der Waals surface area contributed by atoms with E-state index in [-0.39, 0.29) is 5.60 Å². The Morgan fingerprint density at radius 2 is 1.95 bits per heavy atom. The van der Waals surface area contributed by atoms with Crippen LogP contribution in [0.5, 0.6) is 0 Å². The summed E-state index contributed by atoms with van der Waals surface area (Å²) in [5, 5.41) is 11.6. The van der Waals surface area contributed by atoms with Crippen molar-refractivity contribution in [2.45, 2.75) is 69.0 Å². The zero-order valence-corrected chi connectivity index (χ0v) is 13.0. The van der Waals surface area contributed by atoms with E-state index in [0.717, 1.165) is 32.3 Å². The van der Waals surface area contributed by atoms with Crippen LogP contribution < -0.4 is 0 Å². The molecule has 2 heteroatoms. The second-order valence-corrected chi connectivity index (χ2v) is 7.53. The number of ether oxygens (including phenoxy) is 1. The van der Waals surface area contributed by atoms with Crippen LogP contribution in [0.25, 0.3) is 0 Å². The fourth-order valence-electron chi connectivity index (χ4n) is 4.83. The molecule has 1 spiro atoms. The molecule has 1 aromatic rings. The first-order valence-electron chi connectivity index (χ1n) is 8.59. The Morgan fingerprint density at radius 3 is 2.71 bits per heavy atom. The molecule has 1 heterocycles. The lowest BCUT2D eigenvalue weighted by atomic mass is 9.62. The minimum atomic E-state index is -0.629. The summed E-state index contributed by atoms with van der Waals surface area (Å²) in [6, 6.07) is 8.56. The quantitative estimate of drug-likeness (QED) is 0.841. The standard InChI is InChI=1S/C19H26O2/c1-14-7-11-19(20,17-6-3-2-5-16(14)17)15-8-12-21-18(13-15)9-4-10-18/h2-3,5-6,14-15,20H,4,7-13H2,1H3. The van der Waals surface area contributed by atoms with Crippen molar-refractivity contribution in [3.63, 3.8) is 0 Å². The third kappa shape index (κ3) is 2.07. The van der Waals surface area contributed by atoms with E-state index in [1.165, 1.54) is 30.4 Å². The van der Waals surface area contributed by atoms with Gasteiger partial charge >= 0.3 is 0 Å². The van der Waals surface area contributed by atoms with Gasteiger partial charge in [-0.05, 0) is 67.9 Å². The van der Waals surface area contributed by atoms with Crippen molar-refractivity contribution < 1.29 is 9.84 Å². The number of benzene rings is 1. The van der Waals surface area contributed by atoms with E-state index in [1.54, 1.807) is 0 Å². The van der Waals surface area contributed by atoms with Crippen LogP contribution in [-0.4, -0.2) is 17.3 Å². The Bertz CT molecular complexity index is 534. The van der Waals surface area contributed by atoms with Crippen LogP contribution in [0.2, 0.25) is 0 Å². The van der Waals surface area contributed by atoms with Crippen molar-refractivity contribution in [3.05, 3.63) is 35.4 Å². The highest BCUT2D eigenvalue weighted by Gasteiger charge is 2.50. The molecule has 3 atom stereocenters. The smallest absolute Gasteiger partial charge is 0.0929 e. The second-order valence-electron chi connectivity index (χ2n) is 7.53. The number of fused-ring (bicyclic) bond motifs is 1. The molecule has 21 heavy (non-hydrogen) atoms. The zero-order chi connectivity index (χ0) is 14.5. The van der Waals surface area contributed by atoms with Gasteiger partial charge in [0.15, 0.2) is 0 Å². The molecular weight excluding hydrogens is 260 g/mol. The van der Waals surface area contributed by atoms with Gasteiger partial charge in [0.25, 0.3) is 0 Å². The van der Waals surface area contributed by atoms with Gasteiger partial charge in [0.05, 0.1) is 11.2 Å². The van der Waals surface area contributed by atoms with E-state index in [0.29, 0.717) is 11.8 Å². The number of hydrogen-bond acceptors (Lipinski definition) is 2. The van der Waals surface area contributed by atoms with Gasteiger partial charge < -0.3 is 9.84 Å². The van der Waals surface area contributed by atoms with Crippen LogP contribution >= 0.6 is 0 Å². The average molecular weight is 286 g/mol.